The van der Waals surface area contributed by atoms with Crippen LogP contribution in [0.5, 0.6) is 11.5 Å². The van der Waals surface area contributed by atoms with E-state index in [1.165, 1.54) is 4.90 Å². The van der Waals surface area contributed by atoms with Gasteiger partial charge in [0.2, 0.25) is 11.8 Å². The monoisotopic (exact) mass is 287 g/mol. The fraction of sp³-hybridized carbons (Fsp3) is 0.500. The predicted octanol–water partition coefficient (Wildman–Crippen LogP) is 2.14. The molecule has 0 N–H and O–H groups in total. The minimum atomic E-state index is -0.126. The summed E-state index contributed by atoms with van der Waals surface area (Å²) in [5.74, 6) is 0.914. The standard InChI is InChI=1S/C16H17NO4/c18-15-11-3-1-2-4-12(11)16(19)17(15)10-5-6-13-14(9-10)21-8-7-20-13/h5-6,9,11-12H,1-4,7-8H2. The van der Waals surface area contributed by atoms with E-state index in [-0.39, 0.29) is 23.7 Å². The summed E-state index contributed by atoms with van der Waals surface area (Å²) in [5, 5.41) is 0. The molecule has 2 amide bonds. The van der Waals surface area contributed by atoms with Gasteiger partial charge in [-0.2, -0.15) is 0 Å². The van der Waals surface area contributed by atoms with E-state index in [1.54, 1.807) is 18.2 Å². The van der Waals surface area contributed by atoms with Gasteiger partial charge in [0.05, 0.1) is 17.5 Å². The lowest BCUT2D eigenvalue weighted by atomic mass is 9.81. The molecule has 1 aromatic rings. The van der Waals surface area contributed by atoms with E-state index < -0.39 is 0 Å². The average Bonchev–Trinajstić information content (AvgIpc) is 2.79. The van der Waals surface area contributed by atoms with Crippen molar-refractivity contribution < 1.29 is 19.1 Å². The van der Waals surface area contributed by atoms with Crippen molar-refractivity contribution in [3.8, 4) is 11.5 Å². The Morgan fingerprint density at radius 3 is 2.19 bits per heavy atom. The molecule has 5 heteroatoms. The number of benzene rings is 1. The van der Waals surface area contributed by atoms with Gasteiger partial charge >= 0.3 is 0 Å². The lowest BCUT2D eigenvalue weighted by Crippen LogP contribution is -2.31. The molecule has 2 aliphatic heterocycles. The molecule has 2 fully saturated rings. The van der Waals surface area contributed by atoms with Gasteiger partial charge in [0.25, 0.3) is 0 Å². The molecule has 4 rings (SSSR count). The Morgan fingerprint density at radius 2 is 1.52 bits per heavy atom. The molecular formula is C16H17NO4. The van der Waals surface area contributed by atoms with Gasteiger partial charge in [0, 0.05) is 6.07 Å². The van der Waals surface area contributed by atoms with Gasteiger partial charge in [0.15, 0.2) is 11.5 Å². The quantitative estimate of drug-likeness (QED) is 0.743. The zero-order chi connectivity index (χ0) is 14.4. The number of hydrogen-bond acceptors (Lipinski definition) is 4. The second-order valence-electron chi connectivity index (χ2n) is 5.84. The molecule has 0 spiro atoms. The summed E-state index contributed by atoms with van der Waals surface area (Å²) in [4.78, 5) is 26.4. The normalized spacial score (nSPS) is 27.7. The number of ether oxygens (including phenoxy) is 2. The van der Waals surface area contributed by atoms with Gasteiger partial charge in [-0.05, 0) is 25.0 Å². The molecule has 1 saturated carbocycles. The number of amides is 2. The average molecular weight is 287 g/mol. The van der Waals surface area contributed by atoms with Crippen LogP contribution in [0.1, 0.15) is 25.7 Å². The van der Waals surface area contributed by atoms with Crippen LogP contribution in [0.2, 0.25) is 0 Å². The Morgan fingerprint density at radius 1 is 0.905 bits per heavy atom. The van der Waals surface area contributed by atoms with Crippen molar-refractivity contribution >= 4 is 17.5 Å². The van der Waals surface area contributed by atoms with Gasteiger partial charge in [0.1, 0.15) is 13.2 Å². The smallest absolute Gasteiger partial charge is 0.237 e. The van der Waals surface area contributed by atoms with Gasteiger partial charge < -0.3 is 9.47 Å². The minimum Gasteiger partial charge on any atom is -0.486 e. The molecule has 5 nitrogen and oxygen atoms in total. The fourth-order valence-electron chi connectivity index (χ4n) is 3.59. The first-order valence-corrected chi connectivity index (χ1v) is 7.53. The summed E-state index contributed by atoms with van der Waals surface area (Å²) in [6, 6.07) is 5.27. The predicted molar refractivity (Wildman–Crippen MR) is 75.4 cm³/mol. The molecule has 2 heterocycles. The highest BCUT2D eigenvalue weighted by atomic mass is 16.6. The highest BCUT2D eigenvalue weighted by Crippen LogP contribution is 2.42. The Kier molecular flexibility index (Phi) is 2.87. The molecule has 0 bridgehead atoms. The van der Waals surface area contributed by atoms with Crippen molar-refractivity contribution in [1.29, 1.82) is 0 Å². The largest absolute Gasteiger partial charge is 0.486 e. The van der Waals surface area contributed by atoms with Crippen molar-refractivity contribution in [2.24, 2.45) is 11.8 Å². The van der Waals surface area contributed by atoms with Gasteiger partial charge in [-0.3, -0.25) is 9.59 Å². The lowest BCUT2D eigenvalue weighted by Gasteiger charge is -2.21. The number of fused-ring (bicyclic) bond motifs is 2. The van der Waals surface area contributed by atoms with Crippen LogP contribution >= 0.6 is 0 Å². The number of carbonyl (C=O) groups is 2. The van der Waals surface area contributed by atoms with Crippen LogP contribution in [0.3, 0.4) is 0 Å². The second kappa shape index (κ2) is 4.76. The fourth-order valence-corrected chi connectivity index (χ4v) is 3.59. The third kappa shape index (κ3) is 1.91. The Balaban J connectivity index is 1.69. The molecule has 1 saturated heterocycles. The molecule has 21 heavy (non-hydrogen) atoms. The Hall–Kier alpha value is -2.04. The zero-order valence-electron chi connectivity index (χ0n) is 11.7. The van der Waals surface area contributed by atoms with Gasteiger partial charge in [-0.25, -0.2) is 4.90 Å². The highest BCUT2D eigenvalue weighted by molar-refractivity contribution is 6.22. The highest BCUT2D eigenvalue weighted by Gasteiger charge is 2.48. The summed E-state index contributed by atoms with van der Waals surface area (Å²) in [6.07, 6.45) is 3.73. The van der Waals surface area contributed by atoms with E-state index in [0.717, 1.165) is 25.7 Å². The van der Waals surface area contributed by atoms with Gasteiger partial charge in [-0.15, -0.1) is 0 Å². The lowest BCUT2D eigenvalue weighted by molar-refractivity contribution is -0.122. The molecule has 2 unspecified atom stereocenters. The summed E-state index contributed by atoms with van der Waals surface area (Å²) in [7, 11) is 0. The van der Waals surface area contributed by atoms with Crippen molar-refractivity contribution in [1.82, 2.24) is 0 Å². The first-order chi connectivity index (χ1) is 10.3. The number of imide groups is 1. The number of anilines is 1. The first kappa shape index (κ1) is 12.7. The number of nitrogens with zero attached hydrogens (tertiary/aromatic N) is 1. The summed E-state index contributed by atoms with van der Waals surface area (Å²) < 4.78 is 11.0. The topological polar surface area (TPSA) is 55.8 Å². The number of carbonyl (C=O) groups excluding carboxylic acids is 2. The van der Waals surface area contributed by atoms with Crippen LogP contribution in [-0.2, 0) is 9.59 Å². The first-order valence-electron chi connectivity index (χ1n) is 7.53. The SMILES string of the molecule is O=C1C2CCCCC2C(=O)N1c1ccc2c(c1)OCCO2. The van der Waals surface area contributed by atoms with Crippen LogP contribution in [-0.4, -0.2) is 25.0 Å². The third-order valence-corrected chi connectivity index (χ3v) is 4.63. The van der Waals surface area contributed by atoms with E-state index in [0.29, 0.717) is 30.4 Å². The van der Waals surface area contributed by atoms with Crippen LogP contribution in [0.4, 0.5) is 5.69 Å². The summed E-state index contributed by atoms with van der Waals surface area (Å²) >= 11 is 0. The Bertz CT molecular complexity index is 588. The maximum atomic E-state index is 12.6. The second-order valence-corrected chi connectivity index (χ2v) is 5.84. The van der Waals surface area contributed by atoms with E-state index in [2.05, 4.69) is 0 Å². The van der Waals surface area contributed by atoms with Crippen molar-refractivity contribution in [2.45, 2.75) is 25.7 Å². The summed E-state index contributed by atoms with van der Waals surface area (Å²) in [5.41, 5.74) is 0.601. The maximum absolute atomic E-state index is 12.6. The molecule has 0 aromatic heterocycles. The molecule has 2 atom stereocenters. The molecule has 3 aliphatic rings. The van der Waals surface area contributed by atoms with E-state index in [4.69, 9.17) is 9.47 Å². The molecule has 1 aliphatic carbocycles. The van der Waals surface area contributed by atoms with Gasteiger partial charge in [-0.1, -0.05) is 12.8 Å². The van der Waals surface area contributed by atoms with Crippen molar-refractivity contribution in [2.75, 3.05) is 18.1 Å². The molecular weight excluding hydrogens is 270 g/mol. The van der Waals surface area contributed by atoms with Crippen molar-refractivity contribution in [3.63, 3.8) is 0 Å². The van der Waals surface area contributed by atoms with Crippen molar-refractivity contribution in [3.05, 3.63) is 18.2 Å². The van der Waals surface area contributed by atoms with E-state index in [9.17, 15) is 9.59 Å². The van der Waals surface area contributed by atoms with Crippen LogP contribution in [0, 0.1) is 11.8 Å². The zero-order valence-corrected chi connectivity index (χ0v) is 11.7. The van der Waals surface area contributed by atoms with E-state index in [1.807, 2.05) is 0 Å². The number of hydrogen-bond donors (Lipinski definition) is 0. The molecule has 0 radical (unpaired) electrons. The number of rotatable bonds is 1. The maximum Gasteiger partial charge on any atom is 0.237 e. The van der Waals surface area contributed by atoms with Crippen LogP contribution in [0.25, 0.3) is 0 Å². The molecule has 1 aromatic carbocycles. The van der Waals surface area contributed by atoms with Crippen LogP contribution in [0.15, 0.2) is 18.2 Å². The molecule has 110 valence electrons. The minimum absolute atomic E-state index is 0.0543. The summed E-state index contributed by atoms with van der Waals surface area (Å²) in [6.45, 7) is 1.02. The van der Waals surface area contributed by atoms with E-state index >= 15 is 0 Å². The third-order valence-electron chi connectivity index (χ3n) is 4.63. The Labute approximate surface area is 122 Å². The van der Waals surface area contributed by atoms with Crippen LogP contribution < -0.4 is 14.4 Å².